The summed E-state index contributed by atoms with van der Waals surface area (Å²) in [6, 6.07) is 17.4. The predicted molar refractivity (Wildman–Crippen MR) is 122 cm³/mol. The highest BCUT2D eigenvalue weighted by Crippen LogP contribution is 2.32. The number of aromatic nitrogens is 4. The van der Waals surface area contributed by atoms with E-state index in [4.69, 9.17) is 14.0 Å². The minimum atomic E-state index is 0.494. The third-order valence-electron chi connectivity index (χ3n) is 4.31. The van der Waals surface area contributed by atoms with E-state index in [1.54, 1.807) is 7.11 Å². The molecule has 4 aromatic rings. The maximum atomic E-state index is 5.55. The van der Waals surface area contributed by atoms with Gasteiger partial charge in [0, 0.05) is 15.6 Å². The zero-order valence-electron chi connectivity index (χ0n) is 16.9. The van der Waals surface area contributed by atoms with Crippen molar-refractivity contribution in [2.45, 2.75) is 17.7 Å². The average molecular weight is 499 g/mol. The quantitative estimate of drug-likeness (QED) is 0.288. The van der Waals surface area contributed by atoms with E-state index in [-0.39, 0.29) is 0 Å². The van der Waals surface area contributed by atoms with Gasteiger partial charge in [0.05, 0.1) is 25.2 Å². The molecule has 0 aliphatic heterocycles. The summed E-state index contributed by atoms with van der Waals surface area (Å²) in [5, 5.41) is 13.5. The van der Waals surface area contributed by atoms with Crippen molar-refractivity contribution >= 4 is 27.7 Å². The number of methoxy groups -OCH3 is 1. The van der Waals surface area contributed by atoms with Gasteiger partial charge in [-0.1, -0.05) is 45.0 Å². The molecule has 158 valence electrons. The molecule has 0 aliphatic rings. The Hall–Kier alpha value is -2.91. The van der Waals surface area contributed by atoms with Crippen molar-refractivity contribution in [1.29, 1.82) is 0 Å². The number of nitrogens with zero attached hydrogens (tertiary/aromatic N) is 4. The first-order valence-electron chi connectivity index (χ1n) is 9.52. The first-order valence-corrected chi connectivity index (χ1v) is 11.3. The summed E-state index contributed by atoms with van der Waals surface area (Å²) in [7, 11) is 1.60. The molecule has 0 amide bonds. The molecule has 2 heterocycles. The summed E-state index contributed by atoms with van der Waals surface area (Å²) in [6.07, 6.45) is 0. The highest BCUT2D eigenvalue weighted by Gasteiger charge is 2.13. The molecule has 0 aliphatic carbocycles. The number of hydrogen-bond acceptors (Lipinski definition) is 8. The topological polar surface area (TPSA) is 83.2 Å². The molecule has 0 bridgehead atoms. The Morgan fingerprint density at radius 3 is 2.48 bits per heavy atom. The lowest BCUT2D eigenvalue weighted by atomic mass is 10.1. The Labute approximate surface area is 192 Å². The molecule has 0 saturated heterocycles. The van der Waals surface area contributed by atoms with Crippen LogP contribution < -0.4 is 9.47 Å². The van der Waals surface area contributed by atoms with Gasteiger partial charge in [0.2, 0.25) is 11.7 Å². The Morgan fingerprint density at radius 2 is 1.77 bits per heavy atom. The normalized spacial score (nSPS) is 10.8. The molecule has 0 spiro atoms. The summed E-state index contributed by atoms with van der Waals surface area (Å²) in [4.78, 5) is 4.47. The molecular weight excluding hydrogens is 480 g/mol. The fraction of sp³-hybridized carbons (Fsp3) is 0.182. The number of rotatable bonds is 8. The van der Waals surface area contributed by atoms with Crippen molar-refractivity contribution < 1.29 is 14.0 Å². The van der Waals surface area contributed by atoms with Gasteiger partial charge in [-0.2, -0.15) is 4.98 Å². The summed E-state index contributed by atoms with van der Waals surface area (Å²) in [5.74, 6) is 2.80. The Morgan fingerprint density at radius 1 is 0.968 bits per heavy atom. The van der Waals surface area contributed by atoms with E-state index in [0.29, 0.717) is 35.6 Å². The van der Waals surface area contributed by atoms with Crippen LogP contribution in [0.1, 0.15) is 12.8 Å². The van der Waals surface area contributed by atoms with Crippen LogP contribution in [0.25, 0.3) is 22.6 Å². The van der Waals surface area contributed by atoms with Gasteiger partial charge < -0.3 is 14.0 Å². The monoisotopic (exact) mass is 498 g/mol. The van der Waals surface area contributed by atoms with Crippen molar-refractivity contribution in [3.8, 4) is 34.1 Å². The van der Waals surface area contributed by atoms with E-state index < -0.39 is 0 Å². The second kappa shape index (κ2) is 9.93. The van der Waals surface area contributed by atoms with E-state index in [2.05, 4.69) is 36.3 Å². The van der Waals surface area contributed by atoms with Crippen LogP contribution in [0, 0.1) is 0 Å². The Bertz CT molecular complexity index is 1150. The summed E-state index contributed by atoms with van der Waals surface area (Å²) >= 11 is 4.92. The van der Waals surface area contributed by atoms with E-state index in [9.17, 15) is 0 Å². The maximum Gasteiger partial charge on any atom is 0.237 e. The van der Waals surface area contributed by atoms with Gasteiger partial charge in [0.15, 0.2) is 11.5 Å². The molecule has 4 rings (SSSR count). The highest BCUT2D eigenvalue weighted by atomic mass is 79.9. The minimum Gasteiger partial charge on any atom is -0.493 e. The second-order valence-electron chi connectivity index (χ2n) is 6.36. The smallest absolute Gasteiger partial charge is 0.237 e. The summed E-state index contributed by atoms with van der Waals surface area (Å²) in [5.41, 5.74) is 2.62. The molecule has 7 nitrogen and oxygen atoms in total. The van der Waals surface area contributed by atoms with Crippen molar-refractivity contribution in [3.05, 3.63) is 65.0 Å². The van der Waals surface area contributed by atoms with E-state index >= 15 is 0 Å². The van der Waals surface area contributed by atoms with Crippen LogP contribution in [0.15, 0.2) is 68.6 Å². The van der Waals surface area contributed by atoms with Crippen LogP contribution in [0.3, 0.4) is 0 Å². The zero-order chi connectivity index (χ0) is 21.6. The number of thioether (sulfide) groups is 1. The fourth-order valence-electron chi connectivity index (χ4n) is 2.82. The van der Waals surface area contributed by atoms with E-state index in [0.717, 1.165) is 26.3 Å². The first kappa shape index (κ1) is 21.3. The molecule has 9 heteroatoms. The van der Waals surface area contributed by atoms with Crippen LogP contribution in [-0.2, 0) is 5.75 Å². The summed E-state index contributed by atoms with van der Waals surface area (Å²) in [6.45, 7) is 2.49. The molecule has 2 aromatic carbocycles. The lowest BCUT2D eigenvalue weighted by Crippen LogP contribution is -1.95. The molecule has 0 fully saturated rings. The third-order valence-corrected chi connectivity index (χ3v) is 5.75. The van der Waals surface area contributed by atoms with Crippen LogP contribution in [0.5, 0.6) is 11.5 Å². The van der Waals surface area contributed by atoms with Gasteiger partial charge in [-0.3, -0.25) is 0 Å². The second-order valence-corrected chi connectivity index (χ2v) is 8.27. The van der Waals surface area contributed by atoms with Crippen molar-refractivity contribution in [1.82, 2.24) is 20.3 Å². The molecule has 0 atom stereocenters. The van der Waals surface area contributed by atoms with Crippen LogP contribution in [0.2, 0.25) is 0 Å². The molecule has 31 heavy (non-hydrogen) atoms. The van der Waals surface area contributed by atoms with Gasteiger partial charge in [0.1, 0.15) is 5.03 Å². The van der Waals surface area contributed by atoms with Gasteiger partial charge in [0.25, 0.3) is 0 Å². The van der Waals surface area contributed by atoms with Crippen molar-refractivity contribution in [3.63, 3.8) is 0 Å². The molecule has 0 N–H and O–H groups in total. The van der Waals surface area contributed by atoms with Crippen molar-refractivity contribution in [2.75, 3.05) is 13.7 Å². The number of hydrogen-bond donors (Lipinski definition) is 0. The Balaban J connectivity index is 1.41. The Kier molecular flexibility index (Phi) is 6.83. The number of ether oxygens (including phenoxy) is 2. The van der Waals surface area contributed by atoms with Crippen LogP contribution >= 0.6 is 27.7 Å². The molecule has 0 unspecified atom stereocenters. The van der Waals surface area contributed by atoms with Gasteiger partial charge in [-0.05, 0) is 49.4 Å². The van der Waals surface area contributed by atoms with Gasteiger partial charge in [-0.25, -0.2) is 0 Å². The zero-order valence-corrected chi connectivity index (χ0v) is 19.3. The largest absolute Gasteiger partial charge is 0.493 e. The first-order chi connectivity index (χ1) is 15.2. The minimum absolute atomic E-state index is 0.494. The fourth-order valence-corrected chi connectivity index (χ4v) is 3.74. The standard InChI is InChI=1S/C22H19BrN4O3S/c1-3-29-18-10-6-15(12-19(18)28-2)22-24-20(30-27-22)13-31-21-11-9-17(25-26-21)14-4-7-16(23)8-5-14/h4-12H,3,13H2,1-2H3. The van der Waals surface area contributed by atoms with E-state index in [1.807, 2.05) is 61.5 Å². The van der Waals surface area contributed by atoms with Gasteiger partial charge >= 0.3 is 0 Å². The lowest BCUT2D eigenvalue weighted by molar-refractivity contribution is 0.311. The average Bonchev–Trinajstić information content (AvgIpc) is 3.28. The molecule has 2 aromatic heterocycles. The maximum absolute atomic E-state index is 5.55. The highest BCUT2D eigenvalue weighted by molar-refractivity contribution is 9.10. The summed E-state index contributed by atoms with van der Waals surface area (Å²) < 4.78 is 17.3. The van der Waals surface area contributed by atoms with Crippen LogP contribution in [0.4, 0.5) is 0 Å². The molecule has 0 saturated carbocycles. The van der Waals surface area contributed by atoms with Gasteiger partial charge in [-0.15, -0.1) is 10.2 Å². The van der Waals surface area contributed by atoms with Crippen molar-refractivity contribution in [2.24, 2.45) is 0 Å². The number of benzene rings is 2. The number of halogens is 1. The lowest BCUT2D eigenvalue weighted by Gasteiger charge is -2.09. The van der Waals surface area contributed by atoms with E-state index in [1.165, 1.54) is 11.8 Å². The van der Waals surface area contributed by atoms with Crippen LogP contribution in [-0.4, -0.2) is 34.1 Å². The third kappa shape index (κ3) is 5.23. The predicted octanol–water partition coefficient (Wildman–Crippen LogP) is 5.66. The SMILES string of the molecule is CCOc1ccc(-c2noc(CSc3ccc(-c4ccc(Br)cc4)nn3)n2)cc1OC. The molecular formula is C22H19BrN4O3S. The molecule has 0 radical (unpaired) electrons.